The molecule has 274 valence electrons. The van der Waals surface area contributed by atoms with Crippen molar-refractivity contribution in [3.05, 3.63) is 83.9 Å². The van der Waals surface area contributed by atoms with Gasteiger partial charge in [-0.1, -0.05) is 123 Å². The maximum absolute atomic E-state index is 6.34. The number of hydrogen-bond donors (Lipinski definition) is 0. The summed E-state index contributed by atoms with van der Waals surface area (Å²) in [7, 11) is -2.06. The lowest BCUT2D eigenvalue weighted by Crippen LogP contribution is -2.40. The van der Waals surface area contributed by atoms with Crippen LogP contribution in [-0.2, 0) is 21.7 Å². The quantitative estimate of drug-likeness (QED) is 0.0624. The predicted octanol–water partition coefficient (Wildman–Crippen LogP) is 14.0. The van der Waals surface area contributed by atoms with Crippen LogP contribution in [0.2, 0.25) is 23.2 Å². The van der Waals surface area contributed by atoms with Gasteiger partial charge in [-0.3, -0.25) is 0 Å². The highest BCUT2D eigenvalue weighted by atomic mass is 32.1. The first-order chi connectivity index (χ1) is 23.7. The van der Waals surface area contributed by atoms with Crippen LogP contribution in [0.4, 0.5) is 0 Å². The molecule has 4 rings (SSSR count). The van der Waals surface area contributed by atoms with E-state index in [0.717, 1.165) is 19.6 Å². The van der Waals surface area contributed by atoms with E-state index in [9.17, 15) is 0 Å². The van der Waals surface area contributed by atoms with Crippen LogP contribution in [0, 0.1) is 5.92 Å². The molecule has 0 bridgehead atoms. The van der Waals surface area contributed by atoms with Gasteiger partial charge in [0.15, 0.2) is 18.1 Å². The summed E-state index contributed by atoms with van der Waals surface area (Å²) in [6.07, 6.45) is 12.3. The van der Waals surface area contributed by atoms with Crippen molar-refractivity contribution in [1.29, 1.82) is 0 Å². The van der Waals surface area contributed by atoms with E-state index in [4.69, 9.17) is 8.85 Å². The average molecular weight is 747 g/mol. The second-order valence-corrected chi connectivity index (χ2v) is 26.4. The Kier molecular flexibility index (Phi) is 15.8. The molecule has 2 aromatic carbocycles. The van der Waals surface area contributed by atoms with Gasteiger partial charge in [0.05, 0.1) is 0 Å². The molecule has 0 unspecified atom stereocenters. The first-order valence-corrected chi connectivity index (χ1v) is 25.2. The Bertz CT molecular complexity index is 1540. The Hall–Kier alpha value is -1.81. The molecule has 4 aromatic rings. The molecule has 0 saturated heterocycles. The Labute approximate surface area is 317 Å². The molecule has 2 nitrogen and oxygen atoms in total. The van der Waals surface area contributed by atoms with Crippen molar-refractivity contribution in [3.8, 4) is 30.6 Å². The van der Waals surface area contributed by atoms with E-state index in [2.05, 4.69) is 134 Å². The zero-order valence-electron chi connectivity index (χ0n) is 32.8. The van der Waals surface area contributed by atoms with Gasteiger partial charge in [-0.25, -0.2) is 0 Å². The van der Waals surface area contributed by atoms with E-state index >= 15 is 0 Å². The Balaban J connectivity index is 1.15. The second kappa shape index (κ2) is 19.3. The third kappa shape index (κ3) is 12.7. The van der Waals surface area contributed by atoms with Crippen molar-refractivity contribution in [3.63, 3.8) is 0 Å². The molecule has 0 N–H and O–H groups in total. The van der Waals surface area contributed by atoms with Gasteiger partial charge in [-0.2, -0.15) is 0 Å². The fraction of sp³-hybridized carbons (Fsp3) is 0.545. The third-order valence-corrected chi connectivity index (χ3v) is 20.2. The zero-order chi connectivity index (χ0) is 36.2. The summed E-state index contributed by atoms with van der Waals surface area (Å²) < 4.78 is 12.4. The van der Waals surface area contributed by atoms with E-state index in [1.807, 2.05) is 22.7 Å². The predicted molar refractivity (Wildman–Crippen MR) is 229 cm³/mol. The van der Waals surface area contributed by atoms with Crippen molar-refractivity contribution < 1.29 is 8.85 Å². The summed E-state index contributed by atoms with van der Waals surface area (Å²) in [5.74, 6) is 0.709. The molecule has 0 atom stereocenters. The highest BCUT2D eigenvalue weighted by molar-refractivity contribution is 7.25. The zero-order valence-corrected chi connectivity index (χ0v) is 36.9. The fourth-order valence-corrected chi connectivity index (χ4v) is 10.0. The van der Waals surface area contributed by atoms with Crippen molar-refractivity contribution in [2.24, 2.45) is 5.92 Å². The lowest BCUT2D eigenvalue weighted by molar-refractivity contribution is 0.277. The molecular weight excluding hydrogens is 681 g/mol. The summed E-state index contributed by atoms with van der Waals surface area (Å²) in [5.41, 5.74) is 5.54. The minimum Gasteiger partial charge on any atom is -0.423 e. The van der Waals surface area contributed by atoms with Crippen molar-refractivity contribution >= 4 is 40.8 Å². The Morgan fingerprint density at radius 3 is 1.42 bits per heavy atom. The molecule has 0 spiro atoms. The van der Waals surface area contributed by atoms with Crippen molar-refractivity contribution in [1.82, 2.24) is 0 Å². The summed E-state index contributed by atoms with van der Waals surface area (Å²) in [5, 5.41) is 0.701. The molecule has 6 heteroatoms. The number of benzene rings is 2. The van der Waals surface area contributed by atoms with E-state index in [-0.39, 0.29) is 0 Å². The van der Waals surface area contributed by atoms with Crippen molar-refractivity contribution in [2.45, 2.75) is 136 Å². The smallest absolute Gasteiger partial charge is 0.191 e. The first-order valence-electron chi connectivity index (χ1n) is 19.4. The van der Waals surface area contributed by atoms with Crippen LogP contribution in [0.3, 0.4) is 0 Å². The average Bonchev–Trinajstić information content (AvgIpc) is 3.76. The molecule has 0 aliphatic heterocycles. The molecule has 0 amide bonds. The largest absolute Gasteiger partial charge is 0.423 e. The van der Waals surface area contributed by atoms with Gasteiger partial charge in [-0.15, -0.1) is 22.7 Å². The van der Waals surface area contributed by atoms with Gasteiger partial charge in [-0.05, 0) is 114 Å². The summed E-state index contributed by atoms with van der Waals surface area (Å²) in [6.45, 7) is 22.9. The van der Waals surface area contributed by atoms with E-state index < -0.39 is 18.1 Å². The number of hydrogen-bond acceptors (Lipinski definition) is 4. The lowest BCUT2D eigenvalue weighted by atomic mass is 9.99. The molecule has 50 heavy (non-hydrogen) atoms. The maximum Gasteiger partial charge on any atom is 0.191 e. The minimum atomic E-state index is -1.61. The van der Waals surface area contributed by atoms with Gasteiger partial charge in [0.1, 0.15) is 0 Å². The second-order valence-electron chi connectivity index (χ2n) is 16.9. The van der Waals surface area contributed by atoms with E-state index in [1.54, 1.807) is 0 Å². The number of rotatable bonds is 21. The minimum absolute atomic E-state index is 0.299. The number of aryl methyl sites for hydroxylation is 2. The van der Waals surface area contributed by atoms with Crippen LogP contribution < -0.4 is 0 Å². The van der Waals surface area contributed by atoms with Gasteiger partial charge in [0, 0.05) is 32.7 Å². The maximum atomic E-state index is 6.34. The molecule has 2 heterocycles. The topological polar surface area (TPSA) is 18.5 Å². The van der Waals surface area contributed by atoms with Crippen LogP contribution in [0.5, 0.6) is 0 Å². The SMILES string of the molecule is CC(C)C(C)(C)[SiH2]OCCCCCCc1ccc(-c2ccc(-c3ccc(-c4ccc(CCCCCCO[Si](C)(C)C(C)(C)C)cc4)s3)s2)cc1. The highest BCUT2D eigenvalue weighted by Gasteiger charge is 2.36. The summed E-state index contributed by atoms with van der Waals surface area (Å²) in [4.78, 5) is 5.40. The first kappa shape index (κ1) is 41.0. The molecule has 0 aliphatic rings. The van der Waals surface area contributed by atoms with Crippen LogP contribution in [0.1, 0.15) is 111 Å². The normalized spacial score (nSPS) is 12.9. The molecule has 2 aromatic heterocycles. The molecular formula is C44H66O2S2Si2. The van der Waals surface area contributed by atoms with E-state index in [1.165, 1.54) is 99.5 Å². The fourth-order valence-electron chi connectivity index (χ4n) is 5.64. The standard InChI is InChI=1S/C44H66O2S2Si2/c1-34(2)44(6,7)49-45-32-16-12-10-14-18-35-20-24-37(25-21-35)39-28-30-41(47-39)42-31-29-40(48-42)38-26-22-36(23-27-38)19-15-11-13-17-33-46-50(8,9)43(3,4)5/h20-31,34H,10-19,32-33,49H2,1-9H3. The molecule has 0 fully saturated rings. The molecule has 0 aliphatic carbocycles. The van der Waals surface area contributed by atoms with Gasteiger partial charge >= 0.3 is 0 Å². The van der Waals surface area contributed by atoms with Crippen LogP contribution in [-0.4, -0.2) is 31.3 Å². The van der Waals surface area contributed by atoms with Gasteiger partial charge in [0.2, 0.25) is 0 Å². The third-order valence-electron chi connectivity index (χ3n) is 11.1. The van der Waals surface area contributed by atoms with Crippen LogP contribution in [0.25, 0.3) is 30.6 Å². The molecule has 0 saturated carbocycles. The van der Waals surface area contributed by atoms with E-state index in [0.29, 0.717) is 16.0 Å². The number of thiophene rings is 2. The number of unbranched alkanes of at least 4 members (excludes halogenated alkanes) is 6. The summed E-state index contributed by atoms with van der Waals surface area (Å²) in [6, 6.07) is 27.7. The van der Waals surface area contributed by atoms with Gasteiger partial charge < -0.3 is 8.85 Å². The Morgan fingerprint density at radius 2 is 0.980 bits per heavy atom. The monoisotopic (exact) mass is 746 g/mol. The highest BCUT2D eigenvalue weighted by Crippen LogP contribution is 2.41. The van der Waals surface area contributed by atoms with Gasteiger partial charge in [0.25, 0.3) is 0 Å². The van der Waals surface area contributed by atoms with Crippen LogP contribution >= 0.6 is 22.7 Å². The lowest BCUT2D eigenvalue weighted by Gasteiger charge is -2.36. The summed E-state index contributed by atoms with van der Waals surface area (Å²) >= 11 is 3.81. The van der Waals surface area contributed by atoms with Crippen molar-refractivity contribution in [2.75, 3.05) is 13.2 Å². The van der Waals surface area contributed by atoms with Crippen LogP contribution in [0.15, 0.2) is 72.8 Å². The molecule has 0 radical (unpaired) electrons. The Morgan fingerprint density at radius 1 is 0.560 bits per heavy atom.